The summed E-state index contributed by atoms with van der Waals surface area (Å²) >= 11 is 2.15. The third-order valence-corrected chi connectivity index (χ3v) is 20.6. The maximum Gasteiger partial charge on any atom is 0.385 e. The van der Waals surface area contributed by atoms with Crippen LogP contribution in [0.25, 0.3) is 0 Å². The lowest BCUT2D eigenvalue weighted by molar-refractivity contribution is 0.108. The average Bonchev–Trinajstić information content (AvgIpc) is 1.56. The fourth-order valence-electron chi connectivity index (χ4n) is 12.7. The summed E-state index contributed by atoms with van der Waals surface area (Å²) in [6.45, 7) is 19.2. The Morgan fingerprint density at radius 1 is 0.622 bits per heavy atom. The summed E-state index contributed by atoms with van der Waals surface area (Å²) < 4.78 is 64.4. The predicted molar refractivity (Wildman–Crippen MR) is 399 cm³/mol. The normalized spacial score (nSPS) is 20.3. The number of nitrogens with zero attached hydrogens (tertiary/aromatic N) is 17. The molecule has 28 heteroatoms. The van der Waals surface area contributed by atoms with Crippen molar-refractivity contribution in [3.05, 3.63) is 123 Å². The SMILES string of the molecule is CI.CN1CCC2(C=CN=N2)CC1.CN1CCC2=C(CC1)CN=C2.CN1CCc2cn(C)nc2CC1.CN1CCc2cnn(C)c2CC1.Cc1ccc(S(=O)(=O)CN=C2CCN(C)CC2)cc1.Cn1cc2c(n1)CCNCC2.Cn1ncc2c1CCNCC2.FF.F[B]C1CCCO1. The average molecular weight is 1500 g/mol. The van der Waals surface area contributed by atoms with Crippen LogP contribution in [-0.4, -0.2) is 254 Å². The Hall–Kier alpha value is -5.31. The number of alkyl halides is 1. The molecule has 543 valence electrons. The number of sulfone groups is 1. The Bertz CT molecular complexity index is 3310. The highest BCUT2D eigenvalue weighted by molar-refractivity contribution is 14.1. The van der Waals surface area contributed by atoms with Crippen LogP contribution in [0.5, 0.6) is 0 Å². The number of aliphatic imine (C=N–C) groups is 2. The number of likely N-dealkylation sites (N-methyl/N-ethyl adjacent to an activating group) is 2. The molecule has 1 spiro atoms. The summed E-state index contributed by atoms with van der Waals surface area (Å²) in [6.07, 6.45) is 31.6. The van der Waals surface area contributed by atoms with Crippen molar-refractivity contribution in [3.63, 3.8) is 0 Å². The minimum atomic E-state index is -3.29. The van der Waals surface area contributed by atoms with Crippen molar-refractivity contribution < 1.29 is 26.6 Å². The summed E-state index contributed by atoms with van der Waals surface area (Å²) in [5.74, 6) is -0.130. The first-order valence-electron chi connectivity index (χ1n) is 34.9. The maximum absolute atomic E-state index is 12.1. The number of halogens is 4. The lowest BCUT2D eigenvalue weighted by atomic mass is 9.89. The number of azo groups is 1. The van der Waals surface area contributed by atoms with E-state index in [1.165, 1.54) is 89.6 Å². The number of piperidine rings is 2. The molecule has 15 rings (SSSR count). The molecule has 3 fully saturated rings. The van der Waals surface area contributed by atoms with Crippen LogP contribution in [0.4, 0.5) is 13.5 Å². The summed E-state index contributed by atoms with van der Waals surface area (Å²) in [5.41, 5.74) is 16.3. The van der Waals surface area contributed by atoms with Gasteiger partial charge < -0.3 is 44.2 Å². The van der Waals surface area contributed by atoms with Gasteiger partial charge in [0.1, 0.15) is 11.4 Å². The molecule has 22 nitrogen and oxygen atoms in total. The highest BCUT2D eigenvalue weighted by Crippen LogP contribution is 2.31. The third-order valence-electron chi connectivity index (χ3n) is 19.1. The zero-order valence-electron chi connectivity index (χ0n) is 60.6. The van der Waals surface area contributed by atoms with E-state index in [1.807, 2.05) is 89.5 Å². The number of nitrogens with one attached hydrogen (secondary N) is 2. The fourth-order valence-corrected chi connectivity index (χ4v) is 13.7. The summed E-state index contributed by atoms with van der Waals surface area (Å²) in [6, 6.07) is 6.74. The number of fused-ring (bicyclic) bond motifs is 4. The van der Waals surface area contributed by atoms with Crippen molar-refractivity contribution in [2.45, 2.75) is 126 Å². The van der Waals surface area contributed by atoms with Gasteiger partial charge in [0.05, 0.1) is 41.2 Å². The van der Waals surface area contributed by atoms with E-state index in [2.05, 4.69) is 158 Å². The fraction of sp³-hybridized carbons (Fsp3) is 0.657. The zero-order valence-corrected chi connectivity index (χ0v) is 63.6. The Morgan fingerprint density at radius 2 is 1.12 bits per heavy atom. The van der Waals surface area contributed by atoms with E-state index in [-0.39, 0.29) is 17.4 Å². The van der Waals surface area contributed by atoms with Crippen LogP contribution in [0.1, 0.15) is 102 Å². The molecule has 1 aromatic carbocycles. The van der Waals surface area contributed by atoms with Crippen LogP contribution in [0.15, 0.2) is 97.6 Å². The second kappa shape index (κ2) is 43.5. The number of rotatable bonds is 4. The number of benzene rings is 1. The summed E-state index contributed by atoms with van der Waals surface area (Å²) in [4.78, 5) is 22.6. The van der Waals surface area contributed by atoms with E-state index in [1.54, 1.807) is 17.7 Å². The Morgan fingerprint density at radius 3 is 1.70 bits per heavy atom. The van der Waals surface area contributed by atoms with Crippen LogP contribution in [-0.2, 0) is 94.1 Å². The van der Waals surface area contributed by atoms with Crippen molar-refractivity contribution in [1.29, 1.82) is 0 Å². The molecule has 0 aliphatic carbocycles. The molecule has 0 saturated carbocycles. The second-order valence-corrected chi connectivity index (χ2v) is 28.7. The molecule has 5 aromatic rings. The quantitative estimate of drug-likeness (QED) is 0.0991. The first-order chi connectivity index (χ1) is 47.3. The van der Waals surface area contributed by atoms with E-state index in [4.69, 9.17) is 13.9 Å². The van der Waals surface area contributed by atoms with E-state index in [9.17, 15) is 12.7 Å². The van der Waals surface area contributed by atoms with Crippen LogP contribution in [0, 0.1) is 6.92 Å². The van der Waals surface area contributed by atoms with Gasteiger partial charge in [-0.15, -0.1) is 0 Å². The summed E-state index contributed by atoms with van der Waals surface area (Å²) in [5, 5.41) is 32.2. The van der Waals surface area contributed by atoms with Gasteiger partial charge in [-0.1, -0.05) is 40.3 Å². The van der Waals surface area contributed by atoms with E-state index in [0.717, 1.165) is 180 Å². The van der Waals surface area contributed by atoms with Gasteiger partial charge in [-0.05, 0) is 189 Å². The molecule has 1 unspecified atom stereocenters. The minimum Gasteiger partial charge on any atom is -0.384 e. The Kier molecular flexibility index (Phi) is 36.2. The van der Waals surface area contributed by atoms with Crippen LogP contribution in [0.3, 0.4) is 0 Å². The zero-order chi connectivity index (χ0) is 70.9. The van der Waals surface area contributed by atoms with Crippen LogP contribution >= 0.6 is 22.6 Å². The lowest BCUT2D eigenvalue weighted by Gasteiger charge is -2.32. The number of aryl methyl sites for hydroxylation is 5. The number of hydrogen-bond donors (Lipinski definition) is 2. The molecule has 3 saturated heterocycles. The van der Waals surface area contributed by atoms with Crippen molar-refractivity contribution in [1.82, 2.24) is 74.3 Å². The molecule has 2 N–H and O–H groups in total. The number of hydrogen-bond acceptors (Lipinski definition) is 18. The van der Waals surface area contributed by atoms with E-state index in [0.29, 0.717) is 12.5 Å². The van der Waals surface area contributed by atoms with Gasteiger partial charge in [0.2, 0.25) is 0 Å². The molecule has 1 atom stereocenters. The van der Waals surface area contributed by atoms with Gasteiger partial charge in [0.15, 0.2) is 9.84 Å². The van der Waals surface area contributed by atoms with Gasteiger partial charge in [0, 0.05) is 190 Å². The topological polar surface area (TPSA) is 204 Å². The van der Waals surface area contributed by atoms with Crippen molar-refractivity contribution in [3.8, 4) is 0 Å². The van der Waals surface area contributed by atoms with Gasteiger partial charge in [0.25, 0.3) is 0 Å². The molecular weight excluding hydrogens is 1380 g/mol. The van der Waals surface area contributed by atoms with Gasteiger partial charge in [-0.2, -0.15) is 30.6 Å². The maximum atomic E-state index is 12.1. The van der Waals surface area contributed by atoms with Gasteiger partial charge >= 0.3 is 7.56 Å². The summed E-state index contributed by atoms with van der Waals surface area (Å²) in [7, 11) is 16.1. The molecule has 98 heavy (non-hydrogen) atoms. The standard InChI is InChI=1S/C14H20N2O2S.2C9H15N3.C9H14N2.3C8H13N3.C4H7BFO.CH3I.F2/c1-12-3-5-14(6-4-12)19(17,18)11-15-13-7-9-16(2)10-8-13;1-11-5-3-8-7-12(2)10-9(8)4-6-11;1-11-5-3-8-7-10-12(2)9(8)4-6-11;1-11-4-2-8-6-10-7-9(8)3-5-11;1-11-6-3-8(4-7-11)2-5-9-10-8;1-11-6-7-2-4-9-5-3-8(7)10-11;1-11-8-3-5-9-4-2-7(8)6-10-11;6-5-4-2-1-3-7-4;2*1-2/h3-6H,7-11H2,1-2H3;2*7H,3-6H2,1-2H3;6H,2-5,7H2,1H3;2,5H,3-4,6-7H2,1H3;2*6,9H,2-5H2,1H3;4H,1-3H2;1H3;. The lowest BCUT2D eigenvalue weighted by Crippen LogP contribution is -2.39. The van der Waals surface area contributed by atoms with Gasteiger partial charge in [-0.25, -0.2) is 8.42 Å². The molecule has 1 radical (unpaired) electrons. The minimum absolute atomic E-state index is 0.0898. The first-order valence-corrected chi connectivity index (χ1v) is 38.7. The van der Waals surface area contributed by atoms with Crippen LogP contribution in [0.2, 0.25) is 0 Å². The molecule has 0 amide bonds. The molecule has 10 aliphatic rings. The predicted octanol–water partition coefficient (Wildman–Crippen LogP) is 8.14. The van der Waals surface area contributed by atoms with Crippen molar-refractivity contribution in [2.75, 3.05) is 151 Å². The number of ether oxygens (including phenoxy) is 1. The largest absolute Gasteiger partial charge is 0.385 e. The second-order valence-electron chi connectivity index (χ2n) is 26.7. The molecule has 14 heterocycles. The molecular formula is C70H113BF3IN19O3S. The monoisotopic (exact) mass is 1490 g/mol. The third kappa shape index (κ3) is 27.6. The highest BCUT2D eigenvalue weighted by Gasteiger charge is 2.33. The number of aromatic nitrogens is 8. The Labute approximate surface area is 597 Å². The number of likely N-dealkylation sites (tertiary alicyclic amines) is 2. The smallest absolute Gasteiger partial charge is 0.384 e. The van der Waals surface area contributed by atoms with E-state index >= 15 is 0 Å². The van der Waals surface area contributed by atoms with Crippen molar-refractivity contribution >= 4 is 51.9 Å². The highest BCUT2D eigenvalue weighted by atomic mass is 127. The first kappa shape index (κ1) is 81.7. The van der Waals surface area contributed by atoms with Gasteiger partial charge in [-0.3, -0.25) is 28.7 Å². The molecule has 10 aliphatic heterocycles. The van der Waals surface area contributed by atoms with Crippen LogP contribution < -0.4 is 10.6 Å². The van der Waals surface area contributed by atoms with Crippen molar-refractivity contribution in [2.24, 2.45) is 48.4 Å². The van der Waals surface area contributed by atoms with E-state index < -0.39 is 9.84 Å². The molecule has 4 aromatic heterocycles. The molecule has 0 bridgehead atoms. The Balaban J connectivity index is 0.000000177.